The molecule has 3 aromatic rings. The molecule has 3 rings (SSSR count). The van der Waals surface area contributed by atoms with Gasteiger partial charge in [-0.1, -0.05) is 12.1 Å². The second kappa shape index (κ2) is 6.80. The molecule has 0 amide bonds. The average Bonchev–Trinajstić information content (AvgIpc) is 3.03. The Balaban J connectivity index is 1.99. The second-order valence-electron chi connectivity index (χ2n) is 6.07. The Bertz CT molecular complexity index is 1140. The zero-order valence-electron chi connectivity index (χ0n) is 14.8. The number of nitro groups is 1. The third-order valence-electron chi connectivity index (χ3n) is 4.08. The summed E-state index contributed by atoms with van der Waals surface area (Å²) in [5.74, 6) is 1.08. The summed E-state index contributed by atoms with van der Waals surface area (Å²) >= 11 is 0. The van der Waals surface area contributed by atoms with E-state index in [2.05, 4.69) is 19.9 Å². The zero-order chi connectivity index (χ0) is 19.8. The van der Waals surface area contributed by atoms with E-state index in [1.165, 1.54) is 6.07 Å². The maximum absolute atomic E-state index is 12.8. The number of aryl methyl sites for hydroxylation is 2. The Hall–Kier alpha value is -3.27. The predicted molar refractivity (Wildman–Crippen MR) is 99.9 cm³/mol. The van der Waals surface area contributed by atoms with Crippen LogP contribution in [0.5, 0.6) is 0 Å². The van der Waals surface area contributed by atoms with Crippen LogP contribution in [0.4, 0.5) is 11.4 Å². The van der Waals surface area contributed by atoms with E-state index in [4.69, 9.17) is 0 Å². The molecule has 2 aromatic carbocycles. The Morgan fingerprint density at radius 1 is 1.15 bits per heavy atom. The van der Waals surface area contributed by atoms with E-state index in [1.54, 1.807) is 45.0 Å². The van der Waals surface area contributed by atoms with Gasteiger partial charge in [0.25, 0.3) is 15.7 Å². The summed E-state index contributed by atoms with van der Waals surface area (Å²) < 4.78 is 28.1. The number of nitrogens with one attached hydrogen (secondary N) is 2. The lowest BCUT2D eigenvalue weighted by molar-refractivity contribution is -0.385. The first-order valence-corrected chi connectivity index (χ1v) is 9.43. The summed E-state index contributed by atoms with van der Waals surface area (Å²) in [6, 6.07) is 9.01. The maximum atomic E-state index is 12.8. The second-order valence-corrected chi connectivity index (χ2v) is 7.72. The number of nitrogens with zero attached hydrogens (tertiary/aromatic N) is 3. The SMILES string of the molecule is Cc1nc(-c2cccc(NS(=O)(=O)c3cc([N+](=O)[O-])cc(C)c3C)c2)n[nH]1. The third-order valence-corrected chi connectivity index (χ3v) is 5.58. The van der Waals surface area contributed by atoms with Crippen molar-refractivity contribution in [3.63, 3.8) is 0 Å². The third kappa shape index (κ3) is 3.80. The number of H-pyrrole nitrogens is 1. The molecule has 27 heavy (non-hydrogen) atoms. The molecule has 2 N–H and O–H groups in total. The highest BCUT2D eigenvalue weighted by Gasteiger charge is 2.22. The van der Waals surface area contributed by atoms with Gasteiger partial charge in [0.05, 0.1) is 9.82 Å². The lowest BCUT2D eigenvalue weighted by Crippen LogP contribution is -2.15. The molecule has 140 valence electrons. The topological polar surface area (TPSA) is 131 Å². The lowest BCUT2D eigenvalue weighted by atomic mass is 10.1. The Labute approximate surface area is 155 Å². The van der Waals surface area contributed by atoms with Crippen LogP contribution in [0.2, 0.25) is 0 Å². The number of non-ortho nitro benzene ring substituents is 1. The summed E-state index contributed by atoms with van der Waals surface area (Å²) in [6.07, 6.45) is 0. The van der Waals surface area contributed by atoms with Gasteiger partial charge in [-0.15, -0.1) is 0 Å². The molecule has 0 saturated carbocycles. The zero-order valence-corrected chi connectivity index (χ0v) is 15.7. The van der Waals surface area contributed by atoms with Crippen LogP contribution in [-0.4, -0.2) is 28.5 Å². The molecule has 0 radical (unpaired) electrons. The number of sulfonamides is 1. The number of rotatable bonds is 5. The van der Waals surface area contributed by atoms with E-state index in [9.17, 15) is 18.5 Å². The molecular formula is C17H17N5O4S. The molecule has 0 unspecified atom stereocenters. The molecule has 0 fully saturated rings. The van der Waals surface area contributed by atoms with Crippen LogP contribution in [-0.2, 0) is 10.0 Å². The summed E-state index contributed by atoms with van der Waals surface area (Å²) in [5.41, 5.74) is 1.64. The largest absolute Gasteiger partial charge is 0.280 e. The normalized spacial score (nSPS) is 11.4. The quantitative estimate of drug-likeness (QED) is 0.511. The molecule has 0 spiro atoms. The van der Waals surface area contributed by atoms with Gasteiger partial charge in [0.1, 0.15) is 5.82 Å². The van der Waals surface area contributed by atoms with Crippen LogP contribution in [0.25, 0.3) is 11.4 Å². The van der Waals surface area contributed by atoms with Crippen molar-refractivity contribution in [1.29, 1.82) is 0 Å². The first-order valence-electron chi connectivity index (χ1n) is 7.95. The van der Waals surface area contributed by atoms with Gasteiger partial charge in [-0.05, 0) is 44.0 Å². The minimum absolute atomic E-state index is 0.131. The Morgan fingerprint density at radius 3 is 2.52 bits per heavy atom. The molecule has 0 saturated heterocycles. The molecule has 0 atom stereocenters. The van der Waals surface area contributed by atoms with Gasteiger partial charge < -0.3 is 0 Å². The van der Waals surface area contributed by atoms with Crippen LogP contribution >= 0.6 is 0 Å². The minimum Gasteiger partial charge on any atom is -0.280 e. The summed E-state index contributed by atoms with van der Waals surface area (Å²) in [5, 5.41) is 17.9. The van der Waals surface area contributed by atoms with E-state index in [-0.39, 0.29) is 10.6 Å². The highest BCUT2D eigenvalue weighted by Crippen LogP contribution is 2.28. The molecule has 0 aliphatic carbocycles. The standard InChI is InChI=1S/C17H17N5O4S/c1-10-7-15(22(23)24)9-16(11(10)2)27(25,26)21-14-6-4-5-13(8-14)17-18-12(3)19-20-17/h4-9,21H,1-3H3,(H,18,19,20). The maximum Gasteiger partial charge on any atom is 0.271 e. The van der Waals surface area contributed by atoms with E-state index in [0.717, 1.165) is 6.07 Å². The van der Waals surface area contributed by atoms with Crippen molar-refractivity contribution in [2.24, 2.45) is 0 Å². The van der Waals surface area contributed by atoms with Crippen LogP contribution in [0, 0.1) is 30.9 Å². The van der Waals surface area contributed by atoms with Crippen LogP contribution in [0.3, 0.4) is 0 Å². The highest BCUT2D eigenvalue weighted by molar-refractivity contribution is 7.92. The fourth-order valence-corrected chi connectivity index (χ4v) is 3.98. The van der Waals surface area contributed by atoms with Crippen LogP contribution in [0.1, 0.15) is 17.0 Å². The van der Waals surface area contributed by atoms with E-state index < -0.39 is 14.9 Å². The Kier molecular flexibility index (Phi) is 4.66. The van der Waals surface area contributed by atoms with Crippen molar-refractivity contribution >= 4 is 21.4 Å². The minimum atomic E-state index is -4.02. The number of nitro benzene ring substituents is 1. The number of aromatic amines is 1. The van der Waals surface area contributed by atoms with Crippen LogP contribution in [0.15, 0.2) is 41.3 Å². The fraction of sp³-hybridized carbons (Fsp3) is 0.176. The Morgan fingerprint density at radius 2 is 1.89 bits per heavy atom. The first kappa shape index (κ1) is 18.5. The smallest absolute Gasteiger partial charge is 0.271 e. The fourth-order valence-electron chi connectivity index (χ4n) is 2.60. The van der Waals surface area contributed by atoms with Crippen LogP contribution < -0.4 is 4.72 Å². The molecule has 10 heteroatoms. The molecule has 1 aromatic heterocycles. The first-order chi connectivity index (χ1) is 12.7. The molecule has 1 heterocycles. The molecule has 0 aliphatic heterocycles. The van der Waals surface area contributed by atoms with E-state index in [1.807, 2.05) is 0 Å². The molecular weight excluding hydrogens is 370 g/mol. The number of anilines is 1. The van der Waals surface area contributed by atoms with Crippen molar-refractivity contribution in [3.05, 3.63) is 63.5 Å². The van der Waals surface area contributed by atoms with Crippen molar-refractivity contribution in [2.75, 3.05) is 4.72 Å². The van der Waals surface area contributed by atoms with E-state index >= 15 is 0 Å². The summed E-state index contributed by atoms with van der Waals surface area (Å²) in [6.45, 7) is 5.00. The van der Waals surface area contributed by atoms with Gasteiger partial charge in [-0.25, -0.2) is 13.4 Å². The van der Waals surface area contributed by atoms with Gasteiger partial charge in [-0.3, -0.25) is 19.9 Å². The van der Waals surface area contributed by atoms with Crippen molar-refractivity contribution in [1.82, 2.24) is 15.2 Å². The average molecular weight is 387 g/mol. The van der Waals surface area contributed by atoms with Crippen molar-refractivity contribution in [3.8, 4) is 11.4 Å². The number of hydrogen-bond donors (Lipinski definition) is 2. The van der Waals surface area contributed by atoms with Gasteiger partial charge >= 0.3 is 0 Å². The van der Waals surface area contributed by atoms with Gasteiger partial charge in [-0.2, -0.15) is 5.10 Å². The van der Waals surface area contributed by atoms with E-state index in [0.29, 0.717) is 34.0 Å². The predicted octanol–water partition coefficient (Wildman–Crippen LogP) is 3.11. The molecule has 0 bridgehead atoms. The molecule has 9 nitrogen and oxygen atoms in total. The van der Waals surface area contributed by atoms with Crippen molar-refractivity contribution < 1.29 is 13.3 Å². The number of benzene rings is 2. The summed E-state index contributed by atoms with van der Waals surface area (Å²) in [4.78, 5) is 14.5. The van der Waals surface area contributed by atoms with Gasteiger partial charge in [0.15, 0.2) is 5.82 Å². The molecule has 0 aliphatic rings. The van der Waals surface area contributed by atoms with Gasteiger partial charge in [0.2, 0.25) is 0 Å². The van der Waals surface area contributed by atoms with Gasteiger partial charge in [0, 0.05) is 23.4 Å². The van der Waals surface area contributed by atoms with Crippen molar-refractivity contribution in [2.45, 2.75) is 25.7 Å². The number of hydrogen-bond acceptors (Lipinski definition) is 6. The summed E-state index contributed by atoms with van der Waals surface area (Å²) in [7, 11) is -4.02. The monoisotopic (exact) mass is 387 g/mol. The number of aromatic nitrogens is 3. The highest BCUT2D eigenvalue weighted by atomic mass is 32.2. The lowest BCUT2D eigenvalue weighted by Gasteiger charge is -2.12.